The molecule has 0 saturated heterocycles. The molecule has 0 fully saturated rings. The molecule has 0 aliphatic carbocycles. The van der Waals surface area contributed by atoms with Crippen LogP contribution in [0, 0.1) is 0 Å². The molecule has 0 amide bonds. The first-order valence-electron chi connectivity index (χ1n) is 10.7. The second-order valence-electron chi connectivity index (χ2n) is 7.74. The van der Waals surface area contributed by atoms with Crippen LogP contribution in [0.25, 0.3) is 0 Å². The fourth-order valence-corrected chi connectivity index (χ4v) is 3.42. The van der Waals surface area contributed by atoms with Crippen molar-refractivity contribution in [2.45, 2.75) is 19.8 Å². The molecule has 0 radical (unpaired) electrons. The predicted molar refractivity (Wildman–Crippen MR) is 133 cm³/mol. The van der Waals surface area contributed by atoms with Crippen LogP contribution in [-0.2, 0) is 19.8 Å². The molecule has 0 spiro atoms. The van der Waals surface area contributed by atoms with Crippen LogP contribution >= 0.6 is 0 Å². The molecular formula is C27H27N3O3. The van der Waals surface area contributed by atoms with Crippen molar-refractivity contribution in [2.75, 3.05) is 16.0 Å². The van der Waals surface area contributed by atoms with E-state index in [-0.39, 0.29) is 19.8 Å². The Morgan fingerprint density at radius 1 is 0.364 bits per heavy atom. The second-order valence-corrected chi connectivity index (χ2v) is 7.74. The van der Waals surface area contributed by atoms with Crippen molar-refractivity contribution in [1.29, 1.82) is 0 Å². The number of anilines is 6. The van der Waals surface area contributed by atoms with Gasteiger partial charge >= 0.3 is 0 Å². The monoisotopic (exact) mass is 441 g/mol. The normalized spacial score (nSPS) is 10.6. The van der Waals surface area contributed by atoms with Gasteiger partial charge in [-0.2, -0.15) is 0 Å². The van der Waals surface area contributed by atoms with Crippen molar-refractivity contribution in [2.24, 2.45) is 0 Å². The van der Waals surface area contributed by atoms with Crippen LogP contribution in [-0.4, -0.2) is 15.3 Å². The van der Waals surface area contributed by atoms with E-state index in [9.17, 15) is 15.3 Å². The molecule has 0 aromatic heterocycles. The number of nitrogens with one attached hydrogen (secondary N) is 3. The number of hydrogen-bond acceptors (Lipinski definition) is 6. The van der Waals surface area contributed by atoms with Gasteiger partial charge < -0.3 is 31.3 Å². The third-order valence-electron chi connectivity index (χ3n) is 5.21. The fraction of sp³-hybridized carbons (Fsp3) is 0.111. The highest BCUT2D eigenvalue weighted by molar-refractivity contribution is 5.76. The lowest BCUT2D eigenvalue weighted by Gasteiger charge is -2.15. The van der Waals surface area contributed by atoms with Crippen molar-refractivity contribution in [3.8, 4) is 0 Å². The molecular weight excluding hydrogens is 414 g/mol. The van der Waals surface area contributed by atoms with Gasteiger partial charge in [0.15, 0.2) is 0 Å². The summed E-state index contributed by atoms with van der Waals surface area (Å²) < 4.78 is 0. The Balaban J connectivity index is 1.61. The van der Waals surface area contributed by atoms with E-state index in [0.29, 0.717) is 0 Å². The molecule has 0 aliphatic rings. The largest absolute Gasteiger partial charge is 0.392 e. The van der Waals surface area contributed by atoms with E-state index in [1.807, 2.05) is 91.0 Å². The Labute approximate surface area is 193 Å². The van der Waals surface area contributed by atoms with E-state index in [4.69, 9.17) is 0 Å². The first kappa shape index (κ1) is 22.4. The minimum absolute atomic E-state index is 0.0118. The summed E-state index contributed by atoms with van der Waals surface area (Å²) in [6.45, 7) is 0.0354. The van der Waals surface area contributed by atoms with Crippen LogP contribution in [0.2, 0.25) is 0 Å². The topological polar surface area (TPSA) is 96.8 Å². The van der Waals surface area contributed by atoms with Gasteiger partial charge in [-0.15, -0.1) is 0 Å². The van der Waals surface area contributed by atoms with Crippen LogP contribution in [0.3, 0.4) is 0 Å². The van der Waals surface area contributed by atoms with Crippen molar-refractivity contribution in [3.63, 3.8) is 0 Å². The summed E-state index contributed by atoms with van der Waals surface area (Å²) in [6.07, 6.45) is 0. The van der Waals surface area contributed by atoms with Gasteiger partial charge in [0.05, 0.1) is 19.8 Å². The Morgan fingerprint density at radius 2 is 0.606 bits per heavy atom. The van der Waals surface area contributed by atoms with Crippen molar-refractivity contribution < 1.29 is 15.3 Å². The average Bonchev–Trinajstić information content (AvgIpc) is 2.85. The Hall–Kier alpha value is -3.84. The average molecular weight is 442 g/mol. The Morgan fingerprint density at radius 3 is 0.818 bits per heavy atom. The van der Waals surface area contributed by atoms with E-state index < -0.39 is 0 Å². The van der Waals surface area contributed by atoms with Gasteiger partial charge in [0.2, 0.25) is 0 Å². The number of hydrogen-bond donors (Lipinski definition) is 6. The smallest absolute Gasteiger partial charge is 0.0681 e. The number of rotatable bonds is 9. The highest BCUT2D eigenvalue weighted by atomic mass is 16.3. The minimum atomic E-state index is 0.0118. The maximum atomic E-state index is 9.27. The highest BCUT2D eigenvalue weighted by Gasteiger charge is 2.05. The zero-order chi connectivity index (χ0) is 23.0. The molecule has 4 aromatic rings. The van der Waals surface area contributed by atoms with Crippen molar-refractivity contribution in [1.82, 2.24) is 0 Å². The number of benzene rings is 4. The second kappa shape index (κ2) is 10.7. The standard InChI is InChI=1S/C27H27N3O3/c31-16-19-1-7-22(8-2-19)28-25-13-26(29-23-9-3-20(17-32)4-10-23)15-27(14-25)30-24-11-5-21(18-33)6-12-24/h1-15,28-33H,16-18H2. The molecule has 0 heterocycles. The lowest BCUT2D eigenvalue weighted by atomic mass is 10.1. The molecule has 0 aliphatic heterocycles. The number of aliphatic hydroxyl groups excluding tert-OH is 3. The molecule has 6 N–H and O–H groups in total. The summed E-state index contributed by atoms with van der Waals surface area (Å²) in [6, 6.07) is 28.9. The molecule has 4 aromatic carbocycles. The van der Waals surface area contributed by atoms with Crippen LogP contribution in [0.4, 0.5) is 34.1 Å². The van der Waals surface area contributed by atoms with Gasteiger partial charge in [0.25, 0.3) is 0 Å². The summed E-state index contributed by atoms with van der Waals surface area (Å²) in [5, 5.41) is 38.1. The van der Waals surface area contributed by atoms with Crippen molar-refractivity contribution in [3.05, 3.63) is 108 Å². The maximum Gasteiger partial charge on any atom is 0.0681 e. The van der Waals surface area contributed by atoms with E-state index >= 15 is 0 Å². The molecule has 6 nitrogen and oxygen atoms in total. The lowest BCUT2D eigenvalue weighted by Crippen LogP contribution is -1.98. The van der Waals surface area contributed by atoms with Crippen LogP contribution < -0.4 is 16.0 Å². The van der Waals surface area contributed by atoms with Gasteiger partial charge in [-0.25, -0.2) is 0 Å². The fourth-order valence-electron chi connectivity index (χ4n) is 3.42. The van der Waals surface area contributed by atoms with Crippen LogP contribution in [0.5, 0.6) is 0 Å². The minimum Gasteiger partial charge on any atom is -0.392 e. The third kappa shape index (κ3) is 6.11. The van der Waals surface area contributed by atoms with Gasteiger partial charge in [0.1, 0.15) is 0 Å². The van der Waals surface area contributed by atoms with Crippen molar-refractivity contribution >= 4 is 34.1 Å². The molecule has 168 valence electrons. The molecule has 4 rings (SSSR count). The van der Waals surface area contributed by atoms with Crippen LogP contribution in [0.1, 0.15) is 16.7 Å². The summed E-state index contributed by atoms with van der Waals surface area (Å²) in [4.78, 5) is 0. The molecule has 33 heavy (non-hydrogen) atoms. The van der Waals surface area contributed by atoms with E-state index in [1.165, 1.54) is 0 Å². The highest BCUT2D eigenvalue weighted by Crippen LogP contribution is 2.30. The van der Waals surface area contributed by atoms with Gasteiger partial charge in [-0.3, -0.25) is 0 Å². The lowest BCUT2D eigenvalue weighted by molar-refractivity contribution is 0.281. The SMILES string of the molecule is OCc1ccc(Nc2cc(Nc3ccc(CO)cc3)cc(Nc3ccc(CO)cc3)c2)cc1. The summed E-state index contributed by atoms with van der Waals surface area (Å²) in [7, 11) is 0. The molecule has 0 unspecified atom stereocenters. The molecule has 0 atom stereocenters. The predicted octanol–water partition coefficient (Wildman–Crippen LogP) is 5.39. The Kier molecular flexibility index (Phi) is 7.22. The molecule has 0 bridgehead atoms. The van der Waals surface area contributed by atoms with E-state index in [2.05, 4.69) is 16.0 Å². The summed E-state index contributed by atoms with van der Waals surface area (Å²) in [5.74, 6) is 0. The molecule has 6 heteroatoms. The number of aliphatic hydroxyl groups is 3. The maximum absolute atomic E-state index is 9.27. The Bertz CT molecular complexity index is 1010. The van der Waals surface area contributed by atoms with Gasteiger partial charge in [-0.1, -0.05) is 36.4 Å². The first-order valence-corrected chi connectivity index (χ1v) is 10.7. The summed E-state index contributed by atoms with van der Waals surface area (Å²) in [5.41, 5.74) is 7.97. The van der Waals surface area contributed by atoms with Crippen LogP contribution in [0.15, 0.2) is 91.0 Å². The summed E-state index contributed by atoms with van der Waals surface area (Å²) >= 11 is 0. The third-order valence-corrected chi connectivity index (χ3v) is 5.21. The molecule has 0 saturated carbocycles. The van der Waals surface area contributed by atoms with Gasteiger partial charge in [-0.05, 0) is 71.3 Å². The van der Waals surface area contributed by atoms with Gasteiger partial charge in [0, 0.05) is 34.1 Å². The quantitative estimate of drug-likeness (QED) is 0.208. The zero-order valence-electron chi connectivity index (χ0n) is 18.1. The van der Waals surface area contributed by atoms with E-state index in [1.54, 1.807) is 0 Å². The van der Waals surface area contributed by atoms with E-state index in [0.717, 1.165) is 50.8 Å². The zero-order valence-corrected chi connectivity index (χ0v) is 18.1. The first-order chi connectivity index (χ1) is 16.1.